The summed E-state index contributed by atoms with van der Waals surface area (Å²) in [5.41, 5.74) is 0. The molecule has 42 heavy (non-hydrogen) atoms. The minimum atomic E-state index is -2.17. The maximum Gasteiger partial charge on any atom is 0 e. The quantitative estimate of drug-likeness (QED) is 0.120. The third kappa shape index (κ3) is 49.0. The van der Waals surface area contributed by atoms with Crippen LogP contribution in [0.15, 0.2) is 0 Å². The Bertz CT molecular complexity index is 555. The molecule has 0 unspecified atom stereocenters. The molecule has 6 rings (SSSR count). The van der Waals surface area contributed by atoms with E-state index < -0.39 is 49.5 Å². The van der Waals surface area contributed by atoms with E-state index in [1.54, 1.807) is 0 Å². The predicted molar refractivity (Wildman–Crippen MR) is 121 cm³/mol. The minimum absolute atomic E-state index is 0. The molecule has 0 spiro atoms. The Morgan fingerprint density at radius 3 is 0.500 bits per heavy atom. The van der Waals surface area contributed by atoms with Crippen molar-refractivity contribution in [1.82, 2.24) is 0 Å². The summed E-state index contributed by atoms with van der Waals surface area (Å²) in [4.78, 5) is 0. The molecule has 42 heteroatoms. The Hall–Kier alpha value is 11.0. The second-order valence-corrected chi connectivity index (χ2v) is 132. The maximum atomic E-state index is 9.52. The zero-order valence-corrected chi connectivity index (χ0v) is 44.6. The van der Waals surface area contributed by atoms with Crippen molar-refractivity contribution < 1.29 is 176 Å². The molecule has 2 radical (unpaired) electrons. The molecule has 234 valence electrons. The van der Waals surface area contributed by atoms with Gasteiger partial charge in [-0.05, 0) is 0 Å². The van der Waals surface area contributed by atoms with Gasteiger partial charge >= 0.3 is 172 Å². The van der Waals surface area contributed by atoms with E-state index in [1.807, 2.05) is 51.9 Å². The second kappa shape index (κ2) is 50.0. The Kier molecular flexibility index (Phi) is 77.1. The molecular weight excluding hydrogens is 1050 g/mol. The maximum absolute atomic E-state index is 9.52. The van der Waals surface area contributed by atoms with Crippen LogP contribution in [0.3, 0.4) is 0 Å². The summed E-state index contributed by atoms with van der Waals surface area (Å²) in [6.45, 7) is 0. The van der Waals surface area contributed by atoms with E-state index in [2.05, 4.69) is 86.3 Å². The molecule has 26 nitrogen and oxygen atoms in total. The van der Waals surface area contributed by atoms with Gasteiger partial charge in [0.15, 0.2) is 0 Å². The zero-order valence-electron chi connectivity index (χ0n) is 19.8. The van der Waals surface area contributed by atoms with Crippen LogP contribution in [-0.4, -0.2) is 134 Å². The van der Waals surface area contributed by atoms with Gasteiger partial charge in [-0.1, -0.05) is 30.2 Å². The third-order valence-electron chi connectivity index (χ3n) is 2.22. The van der Waals surface area contributed by atoms with Crippen LogP contribution < -0.4 is 0 Å². The first kappa shape index (κ1) is 64.8. The standard InChI is InChI=1S/7Ca.3Fe.6HO4P.2H2O/c;;;;;;;;;;6*1-5-3-2-4-5;;/h;;;;;;;;;;6*5H;2*1H2. The molecular formula is H10Ca7Fe3O26P6. The number of hydrogen-bond donors (Lipinski definition) is 0. The molecule has 0 aliphatic carbocycles. The van der Waals surface area contributed by atoms with Gasteiger partial charge < -0.3 is 11.0 Å². The molecule has 6 aliphatic heterocycles. The summed E-state index contributed by atoms with van der Waals surface area (Å²) >= 11 is 6.75. The van der Waals surface area contributed by atoms with E-state index in [4.69, 9.17) is 0 Å². The van der Waals surface area contributed by atoms with Crippen molar-refractivity contribution in [3.63, 3.8) is 0 Å². The molecule has 0 amide bonds. The molecule has 6 aliphatic rings. The summed E-state index contributed by atoms with van der Waals surface area (Å²) in [7, 11) is -13.0. The summed E-state index contributed by atoms with van der Waals surface area (Å²) in [5, 5.41) is 21.4. The van der Waals surface area contributed by atoms with Crippen LogP contribution in [0.5, 0.6) is 0 Å². The largest absolute Gasteiger partial charge is 0 e. The summed E-state index contributed by atoms with van der Waals surface area (Å²) in [6.07, 6.45) is 0. The zero-order chi connectivity index (χ0) is 27.7. The van der Waals surface area contributed by atoms with Crippen LogP contribution in [0.25, 0.3) is 0 Å². The molecule has 0 saturated carbocycles. The second-order valence-electron chi connectivity index (χ2n) is 4.68. The van der Waals surface area contributed by atoms with E-state index in [-0.39, 0.29) is 62.2 Å². The molecule has 0 atom stereocenters. The molecule has 0 bridgehead atoms. The van der Waals surface area contributed by atoms with Crippen LogP contribution in [0.2, 0.25) is 0 Å². The molecule has 6 fully saturated rings. The van der Waals surface area contributed by atoms with Gasteiger partial charge in [-0.25, -0.2) is 0 Å². The van der Waals surface area contributed by atoms with E-state index in [0.29, 0.717) is 70.7 Å². The van der Waals surface area contributed by atoms with Gasteiger partial charge in [-0.3, -0.25) is 27.4 Å². The average Bonchev–Trinajstić information content (AvgIpc) is 2.79. The van der Waals surface area contributed by atoms with Crippen LogP contribution in [-0.2, 0) is 165 Å². The first-order chi connectivity index (χ1) is 17.8. The van der Waals surface area contributed by atoms with Crippen molar-refractivity contribution in [2.45, 2.75) is 0 Å². The van der Waals surface area contributed by atoms with Gasteiger partial charge in [-0.2, -0.15) is 0 Å². The summed E-state index contributed by atoms with van der Waals surface area (Å²) in [5.74, 6) is 0. The van der Waals surface area contributed by atoms with Crippen molar-refractivity contribution >= 4 is 172 Å². The first-order valence-corrected chi connectivity index (χ1v) is 64.0. The van der Waals surface area contributed by atoms with Crippen molar-refractivity contribution in [3.05, 3.63) is 0 Å². The minimum Gasteiger partial charge on any atom is 0 e. The van der Waals surface area contributed by atoms with Crippen LogP contribution >= 0.6 is 49.5 Å². The SMILES string of the molecule is O.O.O=[PH]1OOO1.O=[PH]1OOO1.O=[PH]1OOO1.O=[PH]1OOO1.O=[PH]1OOO1.O=[PH]1OOO1.[Ca][Ca][Ca][Ca][Ca][Ca][Ca].[Fe].[Fe].[Fe]. The topological polar surface area (TPSA) is 332 Å². The molecule has 6 saturated heterocycles. The van der Waals surface area contributed by atoms with Gasteiger partial charge in [0.1, 0.15) is 0 Å². The first-order valence-electron chi connectivity index (χ1n) is 8.67. The average molecular weight is 1060 g/mol. The van der Waals surface area contributed by atoms with Gasteiger partial charge in [0.2, 0.25) is 0 Å². The fourth-order valence-electron chi connectivity index (χ4n) is 0.901. The normalized spacial score (nSPS) is 18.8. The third-order valence-corrected chi connectivity index (χ3v) is 293. The fourth-order valence-corrected chi connectivity index (χ4v) is 633. The van der Waals surface area contributed by atoms with E-state index in [0.717, 1.165) is 0 Å². The van der Waals surface area contributed by atoms with Gasteiger partial charge in [0.25, 0.3) is 0 Å². The van der Waals surface area contributed by atoms with Crippen LogP contribution in [0.4, 0.5) is 0 Å². The molecule has 4 N–H and O–H groups in total. The van der Waals surface area contributed by atoms with Crippen molar-refractivity contribution in [2.24, 2.45) is 0 Å². The van der Waals surface area contributed by atoms with Crippen molar-refractivity contribution in [3.8, 4) is 0 Å². The Morgan fingerprint density at radius 1 is 0.333 bits per heavy atom. The summed E-state index contributed by atoms with van der Waals surface area (Å²) < 4.78 is 102. The van der Waals surface area contributed by atoms with Crippen molar-refractivity contribution in [1.29, 1.82) is 0 Å². The van der Waals surface area contributed by atoms with E-state index >= 15 is 0 Å². The van der Waals surface area contributed by atoms with Crippen molar-refractivity contribution in [2.75, 3.05) is 0 Å². The van der Waals surface area contributed by atoms with E-state index in [1.165, 1.54) is 0 Å². The molecule has 6 heterocycles. The fraction of sp³-hybridized carbons (Fsp3) is 0. The molecule has 0 aromatic carbocycles. The monoisotopic (exact) mass is 1060 g/mol. The predicted octanol–water partition coefficient (Wildman–Crippen LogP) is -2.71. The van der Waals surface area contributed by atoms with Gasteiger partial charge in [0.05, 0.1) is 0 Å². The van der Waals surface area contributed by atoms with Crippen LogP contribution in [0, 0.1) is 0 Å². The van der Waals surface area contributed by atoms with Gasteiger partial charge in [-0.15, -0.1) is 56.1 Å². The van der Waals surface area contributed by atoms with Crippen LogP contribution in [0.1, 0.15) is 0 Å². The smallest absolute Gasteiger partial charge is 0 e. The molecule has 0 aromatic heterocycles. The molecule has 0 aromatic rings. The van der Waals surface area contributed by atoms with E-state index in [9.17, 15) is 27.4 Å². The van der Waals surface area contributed by atoms with Gasteiger partial charge in [0, 0.05) is 51.2 Å². The number of hydrogen-bond acceptors (Lipinski definition) is 24. The summed E-state index contributed by atoms with van der Waals surface area (Å²) in [6, 6.07) is 0. The Labute approximate surface area is 336 Å². The Morgan fingerprint density at radius 2 is 0.452 bits per heavy atom. The Balaban J connectivity index is -0.0000000884. The number of rotatable bonds is 4.